The molecule has 0 fully saturated rings. The van der Waals surface area contributed by atoms with Gasteiger partial charge in [-0.3, -0.25) is 14.2 Å². The lowest BCUT2D eigenvalue weighted by molar-refractivity contribution is 0.101. The first-order valence-electron chi connectivity index (χ1n) is 8.58. The fourth-order valence-electron chi connectivity index (χ4n) is 3.11. The van der Waals surface area contributed by atoms with E-state index in [1.165, 1.54) is 13.1 Å². The molecule has 2 aromatic heterocycles. The number of anilines is 1. The van der Waals surface area contributed by atoms with Crippen molar-refractivity contribution >= 4 is 28.4 Å². The maximum Gasteiger partial charge on any atom is 0.272 e. The van der Waals surface area contributed by atoms with Crippen molar-refractivity contribution in [2.24, 2.45) is 0 Å². The van der Waals surface area contributed by atoms with E-state index < -0.39 is 0 Å². The molecule has 0 atom stereocenters. The molecule has 0 unspecified atom stereocenters. The van der Waals surface area contributed by atoms with Crippen molar-refractivity contribution in [3.63, 3.8) is 0 Å². The Hall–Kier alpha value is -3.67. The number of para-hydroxylation sites is 1. The van der Waals surface area contributed by atoms with Gasteiger partial charge in [-0.25, -0.2) is 4.98 Å². The molecule has 0 aliphatic rings. The average molecular weight is 358 g/mol. The molecule has 0 bridgehead atoms. The zero-order valence-electron chi connectivity index (χ0n) is 15.0. The third-order valence-electron chi connectivity index (χ3n) is 4.43. The quantitative estimate of drug-likeness (QED) is 0.539. The first kappa shape index (κ1) is 16.8. The summed E-state index contributed by atoms with van der Waals surface area (Å²) in [6.45, 7) is 3.41. The van der Waals surface area contributed by atoms with Crippen LogP contribution in [0.4, 0.5) is 5.69 Å². The Morgan fingerprint density at radius 3 is 2.56 bits per heavy atom. The minimum atomic E-state index is -0.305. The van der Waals surface area contributed by atoms with E-state index in [1.54, 1.807) is 6.07 Å². The van der Waals surface area contributed by atoms with Crippen LogP contribution < -0.4 is 5.32 Å². The number of carbonyl (C=O) groups excluding carboxylic acids is 2. The highest BCUT2D eigenvalue weighted by atomic mass is 16.2. The number of nitrogens with one attached hydrogen (secondary N) is 2. The van der Waals surface area contributed by atoms with Crippen molar-refractivity contribution in [1.29, 1.82) is 0 Å². The van der Waals surface area contributed by atoms with Gasteiger partial charge < -0.3 is 10.3 Å². The van der Waals surface area contributed by atoms with Crippen LogP contribution in [-0.4, -0.2) is 26.2 Å². The van der Waals surface area contributed by atoms with Gasteiger partial charge in [0.25, 0.3) is 5.91 Å². The molecule has 4 rings (SSSR count). The Balaban J connectivity index is 1.64. The summed E-state index contributed by atoms with van der Waals surface area (Å²) in [5.41, 5.74) is 4.27. The molecule has 4 aromatic rings. The highest BCUT2D eigenvalue weighted by Crippen LogP contribution is 2.24. The van der Waals surface area contributed by atoms with Crippen LogP contribution in [0, 0.1) is 6.92 Å². The van der Waals surface area contributed by atoms with Crippen molar-refractivity contribution in [3.8, 4) is 5.69 Å². The van der Waals surface area contributed by atoms with Gasteiger partial charge in [0, 0.05) is 23.1 Å². The van der Waals surface area contributed by atoms with E-state index in [2.05, 4.69) is 19.9 Å². The van der Waals surface area contributed by atoms with E-state index in [1.807, 2.05) is 55.5 Å². The monoisotopic (exact) mass is 358 g/mol. The lowest BCUT2D eigenvalue weighted by atomic mass is 10.2. The van der Waals surface area contributed by atoms with Crippen LogP contribution in [-0.2, 0) is 0 Å². The van der Waals surface area contributed by atoms with E-state index in [9.17, 15) is 9.59 Å². The molecule has 0 saturated heterocycles. The number of ketones is 1. The first-order valence-corrected chi connectivity index (χ1v) is 8.58. The van der Waals surface area contributed by atoms with Gasteiger partial charge in [0.2, 0.25) is 0 Å². The third-order valence-corrected chi connectivity index (χ3v) is 4.43. The van der Waals surface area contributed by atoms with Crippen LogP contribution in [0.3, 0.4) is 0 Å². The van der Waals surface area contributed by atoms with Gasteiger partial charge in [0.15, 0.2) is 5.78 Å². The van der Waals surface area contributed by atoms with E-state index in [0.717, 1.165) is 22.5 Å². The number of aromatic amines is 1. The molecule has 27 heavy (non-hydrogen) atoms. The van der Waals surface area contributed by atoms with Gasteiger partial charge in [-0.15, -0.1) is 0 Å². The number of aromatic nitrogens is 3. The van der Waals surface area contributed by atoms with Gasteiger partial charge in [0.1, 0.15) is 11.5 Å². The van der Waals surface area contributed by atoms with Crippen LogP contribution in [0.25, 0.3) is 16.7 Å². The second-order valence-electron chi connectivity index (χ2n) is 6.35. The summed E-state index contributed by atoms with van der Waals surface area (Å²) in [4.78, 5) is 31.2. The number of amides is 1. The Morgan fingerprint density at radius 1 is 1.07 bits per heavy atom. The largest absolute Gasteiger partial charge is 0.356 e. The van der Waals surface area contributed by atoms with E-state index >= 15 is 0 Å². The summed E-state index contributed by atoms with van der Waals surface area (Å²) in [6.07, 6.45) is 1.53. The zero-order chi connectivity index (χ0) is 19.0. The number of Topliss-reactive ketones (excluding diaryl/α,β-unsaturated/α-hetero) is 1. The van der Waals surface area contributed by atoms with Gasteiger partial charge in [0.05, 0.1) is 11.0 Å². The second kappa shape index (κ2) is 6.57. The SMILES string of the molecule is CC(=O)c1c[nH]c(C(=O)Nc2ccc3c(c2)nc(C)n3-c2ccccc2)c1. The van der Waals surface area contributed by atoms with Crippen LogP contribution in [0.1, 0.15) is 33.6 Å². The third kappa shape index (κ3) is 3.13. The minimum absolute atomic E-state index is 0.0892. The maximum absolute atomic E-state index is 12.4. The van der Waals surface area contributed by atoms with Gasteiger partial charge in [-0.2, -0.15) is 0 Å². The summed E-state index contributed by atoms with van der Waals surface area (Å²) < 4.78 is 2.07. The second-order valence-corrected chi connectivity index (χ2v) is 6.35. The number of hydrogen-bond donors (Lipinski definition) is 2. The molecule has 0 aliphatic heterocycles. The van der Waals surface area contributed by atoms with Gasteiger partial charge in [-0.1, -0.05) is 18.2 Å². The van der Waals surface area contributed by atoms with Gasteiger partial charge in [-0.05, 0) is 50.2 Å². The van der Waals surface area contributed by atoms with Crippen molar-refractivity contribution < 1.29 is 9.59 Å². The molecule has 0 saturated carbocycles. The molecule has 6 nitrogen and oxygen atoms in total. The molecule has 0 aliphatic carbocycles. The van der Waals surface area contributed by atoms with Crippen LogP contribution in [0.5, 0.6) is 0 Å². The lowest BCUT2D eigenvalue weighted by Gasteiger charge is -2.07. The number of imidazole rings is 1. The molecule has 2 aromatic carbocycles. The number of hydrogen-bond acceptors (Lipinski definition) is 3. The molecule has 2 N–H and O–H groups in total. The Morgan fingerprint density at radius 2 is 1.85 bits per heavy atom. The normalized spacial score (nSPS) is 10.9. The van der Waals surface area contributed by atoms with E-state index in [4.69, 9.17) is 0 Å². The van der Waals surface area contributed by atoms with Crippen molar-refractivity contribution in [3.05, 3.63) is 77.9 Å². The topological polar surface area (TPSA) is 79.8 Å². The standard InChI is InChI=1S/C21H18N4O2/c1-13(26)15-10-19(22-12-15)21(27)24-16-8-9-20-18(11-16)23-14(2)25(20)17-6-4-3-5-7-17/h3-12,22H,1-2H3,(H,24,27). The summed E-state index contributed by atoms with van der Waals surface area (Å²) in [5.74, 6) is 0.477. The molecule has 0 spiro atoms. The summed E-state index contributed by atoms with van der Waals surface area (Å²) in [7, 11) is 0. The predicted octanol–water partition coefficient (Wildman–Crippen LogP) is 4.12. The van der Waals surface area contributed by atoms with Crippen molar-refractivity contribution in [2.45, 2.75) is 13.8 Å². The van der Waals surface area contributed by atoms with Crippen molar-refractivity contribution in [2.75, 3.05) is 5.32 Å². The average Bonchev–Trinajstić information content (AvgIpc) is 3.26. The predicted molar refractivity (Wildman–Crippen MR) is 105 cm³/mol. The molecular formula is C21H18N4O2. The summed E-state index contributed by atoms with van der Waals surface area (Å²) in [5, 5.41) is 2.84. The summed E-state index contributed by atoms with van der Waals surface area (Å²) >= 11 is 0. The Labute approximate surface area is 155 Å². The number of aryl methyl sites for hydroxylation is 1. The fourth-order valence-corrected chi connectivity index (χ4v) is 3.11. The number of fused-ring (bicyclic) bond motifs is 1. The number of benzene rings is 2. The lowest BCUT2D eigenvalue weighted by Crippen LogP contribution is -2.12. The smallest absolute Gasteiger partial charge is 0.272 e. The van der Waals surface area contributed by atoms with Gasteiger partial charge >= 0.3 is 0 Å². The highest BCUT2D eigenvalue weighted by molar-refractivity contribution is 6.05. The van der Waals surface area contributed by atoms with E-state index in [-0.39, 0.29) is 11.7 Å². The Bertz CT molecular complexity index is 1160. The van der Waals surface area contributed by atoms with E-state index in [0.29, 0.717) is 16.9 Å². The number of H-pyrrole nitrogens is 1. The minimum Gasteiger partial charge on any atom is -0.356 e. The highest BCUT2D eigenvalue weighted by Gasteiger charge is 2.13. The van der Waals surface area contributed by atoms with Crippen LogP contribution in [0.15, 0.2) is 60.8 Å². The fraction of sp³-hybridized carbons (Fsp3) is 0.0952. The first-order chi connectivity index (χ1) is 13.0. The van der Waals surface area contributed by atoms with Crippen LogP contribution in [0.2, 0.25) is 0 Å². The molecule has 2 heterocycles. The maximum atomic E-state index is 12.4. The number of carbonyl (C=O) groups is 2. The zero-order valence-corrected chi connectivity index (χ0v) is 15.0. The van der Waals surface area contributed by atoms with Crippen molar-refractivity contribution in [1.82, 2.24) is 14.5 Å². The molecule has 6 heteroatoms. The Kier molecular flexibility index (Phi) is 4.08. The molecule has 134 valence electrons. The molecule has 0 radical (unpaired) electrons. The summed E-state index contributed by atoms with van der Waals surface area (Å²) in [6, 6.07) is 17.2. The van der Waals surface area contributed by atoms with Crippen LogP contribution >= 0.6 is 0 Å². The number of rotatable bonds is 4. The molecule has 1 amide bonds. The molecular weight excluding hydrogens is 340 g/mol. The number of nitrogens with zero attached hydrogens (tertiary/aromatic N) is 2.